The first-order valence-corrected chi connectivity index (χ1v) is 13.7. The minimum atomic E-state index is -3.60. The number of benzene rings is 1. The Morgan fingerprint density at radius 2 is 1.97 bits per heavy atom. The highest BCUT2D eigenvalue weighted by Gasteiger charge is 2.29. The maximum Gasteiger partial charge on any atom is 0.243 e. The van der Waals surface area contributed by atoms with Gasteiger partial charge in [0.15, 0.2) is 0 Å². The predicted molar refractivity (Wildman–Crippen MR) is 127 cm³/mol. The second kappa shape index (κ2) is 10.3. The SMILES string of the molecule is CCOc1ccc(S(=O)(=O)N2CCCCC2)cc1NC(=O)CN1CCC[C@@H]1c1cccs1. The van der Waals surface area contributed by atoms with Crippen LogP contribution in [0.15, 0.2) is 40.6 Å². The van der Waals surface area contributed by atoms with Crippen LogP contribution in [0, 0.1) is 0 Å². The fourth-order valence-corrected chi connectivity index (χ4v) is 6.93. The quantitative estimate of drug-likeness (QED) is 0.619. The average molecular weight is 478 g/mol. The molecule has 1 aromatic heterocycles. The summed E-state index contributed by atoms with van der Waals surface area (Å²) in [6.45, 7) is 4.50. The molecule has 0 radical (unpaired) electrons. The van der Waals surface area contributed by atoms with Crippen LogP contribution in [0.2, 0.25) is 0 Å². The molecule has 0 spiro atoms. The Morgan fingerprint density at radius 1 is 1.16 bits per heavy atom. The molecule has 2 aliphatic heterocycles. The monoisotopic (exact) mass is 477 g/mol. The van der Waals surface area contributed by atoms with Gasteiger partial charge in [0, 0.05) is 24.0 Å². The minimum absolute atomic E-state index is 0.165. The van der Waals surface area contributed by atoms with Crippen LogP contribution in [0.5, 0.6) is 5.75 Å². The summed E-state index contributed by atoms with van der Waals surface area (Å²) in [5.41, 5.74) is 0.404. The van der Waals surface area contributed by atoms with Crippen LogP contribution in [-0.4, -0.2) is 56.3 Å². The number of sulfonamides is 1. The fourth-order valence-electron chi connectivity index (χ4n) is 4.50. The molecule has 0 unspecified atom stereocenters. The Balaban J connectivity index is 1.51. The third-order valence-electron chi connectivity index (χ3n) is 6.06. The lowest BCUT2D eigenvalue weighted by Gasteiger charge is -2.26. The van der Waals surface area contributed by atoms with Crippen molar-refractivity contribution in [2.24, 2.45) is 0 Å². The van der Waals surface area contributed by atoms with Crippen LogP contribution in [0.4, 0.5) is 5.69 Å². The first-order chi connectivity index (χ1) is 15.5. The van der Waals surface area contributed by atoms with E-state index in [1.165, 1.54) is 15.2 Å². The lowest BCUT2D eigenvalue weighted by Crippen LogP contribution is -2.35. The molecule has 1 aromatic carbocycles. The van der Waals surface area contributed by atoms with Crippen molar-refractivity contribution in [1.29, 1.82) is 0 Å². The van der Waals surface area contributed by atoms with Gasteiger partial charge >= 0.3 is 0 Å². The number of hydrogen-bond acceptors (Lipinski definition) is 6. The molecule has 2 saturated heterocycles. The van der Waals surface area contributed by atoms with Crippen molar-refractivity contribution in [1.82, 2.24) is 9.21 Å². The Kier molecular flexibility index (Phi) is 7.50. The molecule has 0 bridgehead atoms. The smallest absolute Gasteiger partial charge is 0.243 e. The molecule has 1 amide bonds. The van der Waals surface area contributed by atoms with Crippen LogP contribution in [0.3, 0.4) is 0 Å². The van der Waals surface area contributed by atoms with E-state index in [1.807, 2.05) is 13.0 Å². The third kappa shape index (κ3) is 5.17. The first-order valence-electron chi connectivity index (χ1n) is 11.3. The maximum absolute atomic E-state index is 13.1. The molecule has 7 nitrogen and oxygen atoms in total. The Labute approximate surface area is 194 Å². The Hall–Kier alpha value is -1.94. The van der Waals surface area contributed by atoms with Gasteiger partial charge in [0.25, 0.3) is 0 Å². The summed E-state index contributed by atoms with van der Waals surface area (Å²) in [6, 6.07) is 9.16. The fraction of sp³-hybridized carbons (Fsp3) is 0.522. The van der Waals surface area contributed by atoms with Gasteiger partial charge in [-0.05, 0) is 68.8 Å². The summed E-state index contributed by atoms with van der Waals surface area (Å²) in [7, 11) is -3.60. The number of piperidine rings is 1. The standard InChI is InChI=1S/C23H31N3O4S2/c1-2-30-21-11-10-18(32(28,29)26-13-4-3-5-14-26)16-19(21)24-23(27)17-25-12-6-8-20(25)22-9-7-15-31-22/h7,9-11,15-16,20H,2-6,8,12-14,17H2,1H3,(H,24,27)/t20-/m1/s1. The number of rotatable bonds is 8. The molecule has 3 heterocycles. The normalized spacial score (nSPS) is 20.3. The molecule has 32 heavy (non-hydrogen) atoms. The van der Waals surface area contributed by atoms with Crippen molar-refractivity contribution in [2.75, 3.05) is 38.1 Å². The number of amides is 1. The molecular formula is C23H31N3O4S2. The molecule has 174 valence electrons. The molecule has 1 atom stereocenters. The molecule has 0 saturated carbocycles. The van der Waals surface area contributed by atoms with Gasteiger partial charge in [-0.2, -0.15) is 4.31 Å². The molecule has 2 fully saturated rings. The van der Waals surface area contributed by atoms with E-state index in [9.17, 15) is 13.2 Å². The van der Waals surface area contributed by atoms with Gasteiger partial charge in [0.2, 0.25) is 15.9 Å². The van der Waals surface area contributed by atoms with E-state index in [0.717, 1.165) is 38.6 Å². The van der Waals surface area contributed by atoms with E-state index in [1.54, 1.807) is 23.5 Å². The summed E-state index contributed by atoms with van der Waals surface area (Å²) in [5.74, 6) is 0.316. The van der Waals surface area contributed by atoms with Crippen molar-refractivity contribution in [2.45, 2.75) is 50.0 Å². The molecule has 4 rings (SSSR count). The number of carbonyl (C=O) groups excluding carboxylic acids is 1. The van der Waals surface area contributed by atoms with Gasteiger partial charge in [-0.25, -0.2) is 8.42 Å². The van der Waals surface area contributed by atoms with E-state index in [4.69, 9.17) is 4.74 Å². The van der Waals surface area contributed by atoms with E-state index < -0.39 is 10.0 Å². The second-order valence-corrected chi connectivity index (χ2v) is 11.2. The molecule has 1 N–H and O–H groups in total. The summed E-state index contributed by atoms with van der Waals surface area (Å²) in [6.07, 6.45) is 4.91. The number of carbonyl (C=O) groups is 1. The Bertz CT molecular complexity index is 1020. The van der Waals surface area contributed by atoms with Crippen molar-refractivity contribution in [3.8, 4) is 5.75 Å². The van der Waals surface area contributed by atoms with Crippen LogP contribution >= 0.6 is 11.3 Å². The van der Waals surface area contributed by atoms with Crippen LogP contribution in [-0.2, 0) is 14.8 Å². The number of likely N-dealkylation sites (tertiary alicyclic amines) is 1. The maximum atomic E-state index is 13.1. The Morgan fingerprint density at radius 3 is 2.69 bits per heavy atom. The van der Waals surface area contributed by atoms with Gasteiger partial charge < -0.3 is 10.1 Å². The molecule has 2 aromatic rings. The van der Waals surface area contributed by atoms with Crippen LogP contribution in [0.1, 0.15) is 49.9 Å². The van der Waals surface area contributed by atoms with E-state index in [-0.39, 0.29) is 23.4 Å². The van der Waals surface area contributed by atoms with E-state index >= 15 is 0 Å². The first kappa shape index (κ1) is 23.2. The third-order valence-corrected chi connectivity index (χ3v) is 8.93. The van der Waals surface area contributed by atoms with Gasteiger partial charge in [0.1, 0.15) is 5.75 Å². The van der Waals surface area contributed by atoms with E-state index in [0.29, 0.717) is 31.1 Å². The van der Waals surface area contributed by atoms with Gasteiger partial charge in [-0.1, -0.05) is 12.5 Å². The average Bonchev–Trinajstić information content (AvgIpc) is 3.47. The van der Waals surface area contributed by atoms with Crippen LogP contribution < -0.4 is 10.1 Å². The summed E-state index contributed by atoms with van der Waals surface area (Å²) in [5, 5.41) is 4.98. The van der Waals surface area contributed by atoms with Crippen molar-refractivity contribution < 1.29 is 17.9 Å². The van der Waals surface area contributed by atoms with Crippen LogP contribution in [0.25, 0.3) is 0 Å². The second-order valence-electron chi connectivity index (χ2n) is 8.25. The van der Waals surface area contributed by atoms with Crippen molar-refractivity contribution in [3.63, 3.8) is 0 Å². The number of thiophene rings is 1. The van der Waals surface area contributed by atoms with Crippen molar-refractivity contribution >= 4 is 33.0 Å². The zero-order chi connectivity index (χ0) is 22.6. The summed E-state index contributed by atoms with van der Waals surface area (Å²) < 4.78 is 33.4. The molecular weight excluding hydrogens is 446 g/mol. The van der Waals surface area contributed by atoms with Gasteiger partial charge in [-0.15, -0.1) is 11.3 Å². The number of hydrogen-bond donors (Lipinski definition) is 1. The summed E-state index contributed by atoms with van der Waals surface area (Å²) >= 11 is 1.72. The highest BCUT2D eigenvalue weighted by molar-refractivity contribution is 7.89. The highest BCUT2D eigenvalue weighted by atomic mass is 32.2. The lowest BCUT2D eigenvalue weighted by atomic mass is 10.2. The molecule has 2 aliphatic rings. The van der Waals surface area contributed by atoms with E-state index in [2.05, 4.69) is 21.7 Å². The number of nitrogens with one attached hydrogen (secondary N) is 1. The molecule has 0 aliphatic carbocycles. The predicted octanol–water partition coefficient (Wildman–Crippen LogP) is 4.10. The zero-order valence-corrected chi connectivity index (χ0v) is 20.1. The zero-order valence-electron chi connectivity index (χ0n) is 18.5. The lowest BCUT2D eigenvalue weighted by molar-refractivity contribution is -0.117. The topological polar surface area (TPSA) is 79.0 Å². The van der Waals surface area contributed by atoms with Gasteiger partial charge in [0.05, 0.1) is 23.7 Å². The number of nitrogens with zero attached hydrogens (tertiary/aromatic N) is 2. The van der Waals surface area contributed by atoms with Gasteiger partial charge in [-0.3, -0.25) is 9.69 Å². The number of ether oxygens (including phenoxy) is 1. The minimum Gasteiger partial charge on any atom is -0.492 e. The summed E-state index contributed by atoms with van der Waals surface area (Å²) in [4.78, 5) is 16.6. The molecule has 9 heteroatoms. The number of anilines is 1. The highest BCUT2D eigenvalue weighted by Crippen LogP contribution is 2.35. The van der Waals surface area contributed by atoms with Crippen molar-refractivity contribution in [3.05, 3.63) is 40.6 Å². The largest absolute Gasteiger partial charge is 0.492 e.